The second kappa shape index (κ2) is 9.42. The van der Waals surface area contributed by atoms with Gasteiger partial charge in [-0.1, -0.05) is 42.5 Å². The van der Waals surface area contributed by atoms with Gasteiger partial charge in [0.1, 0.15) is 0 Å². The van der Waals surface area contributed by atoms with Gasteiger partial charge in [0.2, 0.25) is 15.9 Å². The maximum Gasteiger partial charge on any atom is 0.249 e. The summed E-state index contributed by atoms with van der Waals surface area (Å²) in [7, 11) is -3.53. The fourth-order valence-electron chi connectivity index (χ4n) is 3.49. The van der Waals surface area contributed by atoms with Crippen LogP contribution in [0.3, 0.4) is 0 Å². The normalized spacial score (nSPS) is 16.0. The average molecular weight is 441 g/mol. The molecule has 9 heteroatoms. The third-order valence-corrected chi connectivity index (χ3v) is 7.06. The molecule has 1 aliphatic rings. The minimum Gasteiger partial charge on any atom is -0.379 e. The van der Waals surface area contributed by atoms with Gasteiger partial charge in [0.05, 0.1) is 18.1 Å². The molecule has 4 rings (SSSR count). The van der Waals surface area contributed by atoms with Crippen molar-refractivity contribution in [3.8, 4) is 0 Å². The molecule has 2 heterocycles. The molecule has 162 valence electrons. The van der Waals surface area contributed by atoms with E-state index in [0.717, 1.165) is 11.1 Å². The fourth-order valence-corrected chi connectivity index (χ4v) is 4.90. The van der Waals surface area contributed by atoms with Crippen molar-refractivity contribution in [2.45, 2.75) is 17.5 Å². The van der Waals surface area contributed by atoms with E-state index >= 15 is 0 Å². The van der Waals surface area contributed by atoms with Crippen molar-refractivity contribution in [2.75, 3.05) is 26.3 Å². The van der Waals surface area contributed by atoms with Crippen LogP contribution in [0.4, 0.5) is 0 Å². The van der Waals surface area contributed by atoms with Crippen LogP contribution in [0.15, 0.2) is 78.0 Å². The van der Waals surface area contributed by atoms with E-state index in [4.69, 9.17) is 4.74 Å². The topological polar surface area (TPSA) is 93.5 Å². The van der Waals surface area contributed by atoms with Crippen LogP contribution in [0.5, 0.6) is 0 Å². The summed E-state index contributed by atoms with van der Waals surface area (Å²) in [6.45, 7) is 1.80. The average Bonchev–Trinajstić information content (AvgIpc) is 3.34. The second-order valence-electron chi connectivity index (χ2n) is 7.18. The molecule has 0 aliphatic carbocycles. The zero-order valence-electron chi connectivity index (χ0n) is 16.9. The van der Waals surface area contributed by atoms with Crippen LogP contribution in [0.2, 0.25) is 0 Å². The third-order valence-electron chi connectivity index (χ3n) is 5.15. The first-order valence-electron chi connectivity index (χ1n) is 10.0. The molecule has 1 N–H and O–H groups in total. The zero-order valence-corrected chi connectivity index (χ0v) is 17.7. The summed E-state index contributed by atoms with van der Waals surface area (Å²) in [5, 5.41) is 7.16. The number of aromatic nitrogens is 2. The highest BCUT2D eigenvalue weighted by Gasteiger charge is 2.26. The number of carbonyl (C=O) groups is 1. The SMILES string of the molecule is O=C(NCc1ccc(S(=O)(=O)N2CCOCC2)cc1)C(c1ccccc1)n1cccn1. The molecule has 1 aliphatic heterocycles. The Morgan fingerprint density at radius 2 is 1.74 bits per heavy atom. The van der Waals surface area contributed by atoms with Crippen molar-refractivity contribution in [1.82, 2.24) is 19.4 Å². The van der Waals surface area contributed by atoms with E-state index in [-0.39, 0.29) is 17.3 Å². The van der Waals surface area contributed by atoms with Gasteiger partial charge in [-0.15, -0.1) is 0 Å². The highest BCUT2D eigenvalue weighted by atomic mass is 32.2. The summed E-state index contributed by atoms with van der Waals surface area (Å²) < 4.78 is 33.7. The van der Waals surface area contributed by atoms with Gasteiger partial charge in [-0.25, -0.2) is 8.42 Å². The molecule has 0 bridgehead atoms. The zero-order chi connectivity index (χ0) is 21.7. The first-order valence-corrected chi connectivity index (χ1v) is 11.5. The van der Waals surface area contributed by atoms with Crippen molar-refractivity contribution >= 4 is 15.9 Å². The van der Waals surface area contributed by atoms with Gasteiger partial charge in [0.25, 0.3) is 0 Å². The first kappa shape index (κ1) is 21.2. The van der Waals surface area contributed by atoms with Crippen LogP contribution in [0.25, 0.3) is 0 Å². The number of ether oxygens (including phenoxy) is 1. The molecule has 1 unspecified atom stereocenters. The Morgan fingerprint density at radius 1 is 1.03 bits per heavy atom. The van der Waals surface area contributed by atoms with E-state index in [1.807, 2.05) is 30.3 Å². The summed E-state index contributed by atoms with van der Waals surface area (Å²) in [6.07, 6.45) is 3.39. The van der Waals surface area contributed by atoms with Crippen LogP contribution < -0.4 is 5.32 Å². The van der Waals surface area contributed by atoms with Gasteiger partial charge in [-0.05, 0) is 29.3 Å². The van der Waals surface area contributed by atoms with Crippen molar-refractivity contribution in [1.29, 1.82) is 0 Å². The molecule has 2 aromatic carbocycles. The molecule has 31 heavy (non-hydrogen) atoms. The van der Waals surface area contributed by atoms with Crippen molar-refractivity contribution in [2.24, 2.45) is 0 Å². The lowest BCUT2D eigenvalue weighted by Gasteiger charge is -2.26. The van der Waals surface area contributed by atoms with Crippen molar-refractivity contribution in [3.05, 3.63) is 84.2 Å². The van der Waals surface area contributed by atoms with Crippen LogP contribution >= 0.6 is 0 Å². The van der Waals surface area contributed by atoms with Crippen molar-refractivity contribution in [3.63, 3.8) is 0 Å². The number of hydrogen-bond donors (Lipinski definition) is 1. The summed E-state index contributed by atoms with van der Waals surface area (Å²) >= 11 is 0. The number of nitrogens with one attached hydrogen (secondary N) is 1. The fraction of sp³-hybridized carbons (Fsp3) is 0.273. The predicted molar refractivity (Wildman–Crippen MR) is 115 cm³/mol. The molecular formula is C22H24N4O4S. The van der Waals surface area contributed by atoms with E-state index < -0.39 is 16.1 Å². The lowest BCUT2D eigenvalue weighted by Crippen LogP contribution is -2.40. The van der Waals surface area contributed by atoms with Gasteiger partial charge in [-0.2, -0.15) is 9.40 Å². The van der Waals surface area contributed by atoms with Crippen molar-refractivity contribution < 1.29 is 17.9 Å². The van der Waals surface area contributed by atoms with E-state index in [0.29, 0.717) is 26.3 Å². The number of morpholine rings is 1. The summed E-state index contributed by atoms with van der Waals surface area (Å²) in [6, 6.07) is 17.2. The highest BCUT2D eigenvalue weighted by Crippen LogP contribution is 2.19. The first-order chi connectivity index (χ1) is 15.1. The van der Waals surface area contributed by atoms with Crippen LogP contribution in [0, 0.1) is 0 Å². The molecule has 1 atom stereocenters. The molecular weight excluding hydrogens is 416 g/mol. The minimum absolute atomic E-state index is 0.195. The largest absolute Gasteiger partial charge is 0.379 e. The Hall–Kier alpha value is -3.01. The Kier molecular flexibility index (Phi) is 6.45. The van der Waals surface area contributed by atoms with Crippen LogP contribution in [0.1, 0.15) is 17.2 Å². The Labute approximate surface area is 181 Å². The summed E-state index contributed by atoms with van der Waals surface area (Å²) in [5.41, 5.74) is 1.64. The van der Waals surface area contributed by atoms with E-state index in [1.165, 1.54) is 4.31 Å². The molecule has 3 aromatic rings. The Balaban J connectivity index is 1.44. The van der Waals surface area contributed by atoms with E-state index in [9.17, 15) is 13.2 Å². The summed E-state index contributed by atoms with van der Waals surface area (Å²) in [4.78, 5) is 13.2. The number of rotatable bonds is 7. The molecule has 1 saturated heterocycles. The Bertz CT molecular complexity index is 1090. The van der Waals surface area contributed by atoms with E-state index in [1.54, 1.807) is 47.4 Å². The van der Waals surface area contributed by atoms with Crippen LogP contribution in [-0.2, 0) is 26.1 Å². The molecule has 1 amide bonds. The lowest BCUT2D eigenvalue weighted by molar-refractivity contribution is -0.123. The monoisotopic (exact) mass is 440 g/mol. The molecule has 8 nitrogen and oxygen atoms in total. The number of hydrogen-bond acceptors (Lipinski definition) is 5. The molecule has 0 saturated carbocycles. The van der Waals surface area contributed by atoms with Crippen LogP contribution in [-0.4, -0.2) is 54.7 Å². The molecule has 1 aromatic heterocycles. The van der Waals surface area contributed by atoms with Gasteiger partial charge in [0.15, 0.2) is 6.04 Å². The second-order valence-corrected chi connectivity index (χ2v) is 9.12. The number of sulfonamides is 1. The minimum atomic E-state index is -3.53. The highest BCUT2D eigenvalue weighted by molar-refractivity contribution is 7.89. The van der Waals surface area contributed by atoms with Gasteiger partial charge in [0, 0.05) is 32.0 Å². The van der Waals surface area contributed by atoms with Gasteiger partial charge >= 0.3 is 0 Å². The standard InChI is InChI=1S/C22H24N4O4S/c27-22(21(26-12-4-11-24-26)19-5-2-1-3-6-19)23-17-18-7-9-20(10-8-18)31(28,29)25-13-15-30-16-14-25/h1-12,21H,13-17H2,(H,23,27). The number of nitrogens with zero attached hydrogens (tertiary/aromatic N) is 3. The maximum atomic E-state index is 13.0. The summed E-state index contributed by atoms with van der Waals surface area (Å²) in [5.74, 6) is -0.195. The maximum absolute atomic E-state index is 13.0. The predicted octanol–water partition coefficient (Wildman–Crippen LogP) is 1.81. The van der Waals surface area contributed by atoms with E-state index in [2.05, 4.69) is 10.4 Å². The quantitative estimate of drug-likeness (QED) is 0.605. The Morgan fingerprint density at radius 3 is 2.39 bits per heavy atom. The smallest absolute Gasteiger partial charge is 0.249 e. The number of amides is 1. The van der Waals surface area contributed by atoms with Gasteiger partial charge in [-0.3, -0.25) is 9.48 Å². The lowest BCUT2D eigenvalue weighted by atomic mass is 10.1. The molecule has 1 fully saturated rings. The van der Waals surface area contributed by atoms with Gasteiger partial charge < -0.3 is 10.1 Å². The molecule has 0 spiro atoms. The molecule has 0 radical (unpaired) electrons. The number of benzene rings is 2. The number of carbonyl (C=O) groups excluding carboxylic acids is 1. The third kappa shape index (κ3) is 4.84.